The lowest BCUT2D eigenvalue weighted by Gasteiger charge is -2.27. The van der Waals surface area contributed by atoms with Gasteiger partial charge in [-0.15, -0.1) is 0 Å². The molecule has 1 unspecified atom stereocenters. The molecule has 1 aliphatic heterocycles. The van der Waals surface area contributed by atoms with Crippen molar-refractivity contribution in [3.05, 3.63) is 23.7 Å². The number of rotatable bonds is 7. The van der Waals surface area contributed by atoms with Crippen LogP contribution in [0.5, 0.6) is 0 Å². The Morgan fingerprint density at radius 2 is 2.11 bits per heavy atom. The summed E-state index contributed by atoms with van der Waals surface area (Å²) in [6, 6.07) is 2.59. The van der Waals surface area contributed by atoms with E-state index in [2.05, 4.69) is 25.2 Å². The molecule has 1 N–H and O–H groups in total. The van der Waals surface area contributed by atoms with Crippen LogP contribution in [0.25, 0.3) is 0 Å². The third-order valence-corrected chi connectivity index (χ3v) is 4.03. The second-order valence-electron chi connectivity index (χ2n) is 5.45. The first-order chi connectivity index (χ1) is 9.35. The van der Waals surface area contributed by atoms with E-state index in [1.54, 1.807) is 0 Å². The smallest absolute Gasteiger partial charge is 0.108 e. The van der Waals surface area contributed by atoms with E-state index in [-0.39, 0.29) is 0 Å². The van der Waals surface area contributed by atoms with Crippen LogP contribution in [-0.2, 0) is 11.2 Å². The van der Waals surface area contributed by atoms with E-state index in [0.717, 1.165) is 37.9 Å². The Morgan fingerprint density at radius 3 is 2.79 bits per heavy atom. The maximum atomic E-state index is 5.60. The number of hydrogen-bond acceptors (Lipinski definition) is 3. The molecule has 1 aromatic heterocycles. The van der Waals surface area contributed by atoms with Crippen LogP contribution in [0.1, 0.15) is 56.9 Å². The molecule has 1 atom stereocenters. The van der Waals surface area contributed by atoms with Crippen LogP contribution in [0.15, 0.2) is 16.7 Å². The quantitative estimate of drug-likeness (QED) is 0.816. The molecule has 0 saturated carbocycles. The van der Waals surface area contributed by atoms with Gasteiger partial charge in [0.1, 0.15) is 5.76 Å². The second-order valence-corrected chi connectivity index (χ2v) is 5.45. The third kappa shape index (κ3) is 4.08. The number of furan rings is 1. The average molecular weight is 265 g/mol. The molecule has 0 aromatic carbocycles. The summed E-state index contributed by atoms with van der Waals surface area (Å²) in [5.41, 5.74) is 1.36. The standard InChI is InChI=1S/C16H27NO2/c1-3-8-17-15(12-13-5-9-18-10-6-13)14-7-11-19-16(14)4-2/h7,11,13,15,17H,3-6,8-10,12H2,1-2H3. The van der Waals surface area contributed by atoms with Gasteiger partial charge in [-0.1, -0.05) is 13.8 Å². The molecule has 1 saturated heterocycles. The van der Waals surface area contributed by atoms with Crippen molar-refractivity contribution in [1.29, 1.82) is 0 Å². The monoisotopic (exact) mass is 265 g/mol. The normalized spacial score (nSPS) is 18.6. The zero-order chi connectivity index (χ0) is 13.5. The third-order valence-electron chi connectivity index (χ3n) is 4.03. The van der Waals surface area contributed by atoms with E-state index in [1.165, 1.54) is 31.2 Å². The molecule has 1 aliphatic rings. The molecule has 3 heteroatoms. The van der Waals surface area contributed by atoms with E-state index >= 15 is 0 Å². The summed E-state index contributed by atoms with van der Waals surface area (Å²) >= 11 is 0. The summed E-state index contributed by atoms with van der Waals surface area (Å²) in [7, 11) is 0. The molecule has 1 fully saturated rings. The van der Waals surface area contributed by atoms with Crippen LogP contribution in [0, 0.1) is 5.92 Å². The van der Waals surface area contributed by atoms with Crippen molar-refractivity contribution in [1.82, 2.24) is 5.32 Å². The Hall–Kier alpha value is -0.800. The summed E-state index contributed by atoms with van der Waals surface area (Å²) in [5, 5.41) is 3.69. The number of hydrogen-bond donors (Lipinski definition) is 1. The van der Waals surface area contributed by atoms with Gasteiger partial charge in [-0.3, -0.25) is 0 Å². The van der Waals surface area contributed by atoms with Crippen molar-refractivity contribution in [3.8, 4) is 0 Å². The topological polar surface area (TPSA) is 34.4 Å². The first-order valence-electron chi connectivity index (χ1n) is 7.72. The minimum Gasteiger partial charge on any atom is -0.469 e. The van der Waals surface area contributed by atoms with E-state index in [4.69, 9.17) is 9.15 Å². The molecule has 1 aromatic rings. The predicted octanol–water partition coefficient (Wildman–Crippen LogP) is 3.70. The summed E-state index contributed by atoms with van der Waals surface area (Å²) in [4.78, 5) is 0. The minimum atomic E-state index is 0.441. The van der Waals surface area contributed by atoms with Gasteiger partial charge in [0.25, 0.3) is 0 Å². The van der Waals surface area contributed by atoms with Crippen molar-refractivity contribution in [2.75, 3.05) is 19.8 Å². The van der Waals surface area contributed by atoms with Crippen LogP contribution in [0.3, 0.4) is 0 Å². The van der Waals surface area contributed by atoms with E-state index in [1.807, 2.05) is 6.26 Å². The van der Waals surface area contributed by atoms with Crippen LogP contribution < -0.4 is 5.32 Å². The molecule has 0 aliphatic carbocycles. The number of ether oxygens (including phenoxy) is 1. The zero-order valence-electron chi connectivity index (χ0n) is 12.3. The lowest BCUT2D eigenvalue weighted by Crippen LogP contribution is -2.27. The zero-order valence-corrected chi connectivity index (χ0v) is 12.3. The Labute approximate surface area is 116 Å². The second kappa shape index (κ2) is 7.71. The summed E-state index contributed by atoms with van der Waals surface area (Å²) in [6.07, 6.45) is 7.58. The molecule has 0 amide bonds. The highest BCUT2D eigenvalue weighted by Gasteiger charge is 2.22. The van der Waals surface area contributed by atoms with Crippen molar-refractivity contribution in [3.63, 3.8) is 0 Å². The first-order valence-corrected chi connectivity index (χ1v) is 7.72. The van der Waals surface area contributed by atoms with E-state index in [9.17, 15) is 0 Å². The summed E-state index contributed by atoms with van der Waals surface area (Å²) < 4.78 is 11.1. The average Bonchev–Trinajstić information content (AvgIpc) is 2.93. The Balaban J connectivity index is 2.01. The van der Waals surface area contributed by atoms with Crippen molar-refractivity contribution in [2.45, 2.75) is 52.0 Å². The lowest BCUT2D eigenvalue weighted by atomic mass is 9.89. The van der Waals surface area contributed by atoms with Crippen LogP contribution in [0.2, 0.25) is 0 Å². The SMILES string of the molecule is CCCNC(CC1CCOCC1)c1ccoc1CC. The van der Waals surface area contributed by atoms with E-state index in [0.29, 0.717) is 6.04 Å². The first kappa shape index (κ1) is 14.6. The maximum Gasteiger partial charge on any atom is 0.108 e. The van der Waals surface area contributed by atoms with Gasteiger partial charge in [0.15, 0.2) is 0 Å². The molecular formula is C16H27NO2. The van der Waals surface area contributed by atoms with Gasteiger partial charge in [0, 0.05) is 31.2 Å². The highest BCUT2D eigenvalue weighted by molar-refractivity contribution is 5.21. The van der Waals surface area contributed by atoms with Crippen LogP contribution in [0.4, 0.5) is 0 Å². The van der Waals surface area contributed by atoms with E-state index < -0.39 is 0 Å². The van der Waals surface area contributed by atoms with Crippen LogP contribution >= 0.6 is 0 Å². The van der Waals surface area contributed by atoms with Gasteiger partial charge in [0.2, 0.25) is 0 Å². The fourth-order valence-electron chi connectivity index (χ4n) is 2.90. The number of nitrogens with one attached hydrogen (secondary N) is 1. The highest BCUT2D eigenvalue weighted by atomic mass is 16.5. The molecule has 0 spiro atoms. The molecule has 19 heavy (non-hydrogen) atoms. The minimum absolute atomic E-state index is 0.441. The molecule has 2 heterocycles. The summed E-state index contributed by atoms with van der Waals surface area (Å²) in [5.74, 6) is 1.92. The fraction of sp³-hybridized carbons (Fsp3) is 0.750. The van der Waals surface area contributed by atoms with Gasteiger partial charge >= 0.3 is 0 Å². The van der Waals surface area contributed by atoms with Gasteiger partial charge in [-0.05, 0) is 44.2 Å². The summed E-state index contributed by atoms with van der Waals surface area (Å²) in [6.45, 7) is 7.30. The lowest BCUT2D eigenvalue weighted by molar-refractivity contribution is 0.0604. The molecule has 2 rings (SSSR count). The number of aryl methyl sites for hydroxylation is 1. The Bertz CT molecular complexity index is 355. The van der Waals surface area contributed by atoms with Gasteiger partial charge < -0.3 is 14.5 Å². The molecule has 3 nitrogen and oxygen atoms in total. The van der Waals surface area contributed by atoms with Crippen molar-refractivity contribution in [2.24, 2.45) is 5.92 Å². The molecular weight excluding hydrogens is 238 g/mol. The largest absolute Gasteiger partial charge is 0.469 e. The molecule has 0 radical (unpaired) electrons. The molecule has 108 valence electrons. The molecule has 0 bridgehead atoms. The van der Waals surface area contributed by atoms with Gasteiger partial charge in [0.05, 0.1) is 6.26 Å². The van der Waals surface area contributed by atoms with Gasteiger partial charge in [-0.25, -0.2) is 0 Å². The maximum absolute atomic E-state index is 5.60. The fourth-order valence-corrected chi connectivity index (χ4v) is 2.90. The highest BCUT2D eigenvalue weighted by Crippen LogP contribution is 2.30. The van der Waals surface area contributed by atoms with Crippen LogP contribution in [-0.4, -0.2) is 19.8 Å². The Morgan fingerprint density at radius 1 is 1.32 bits per heavy atom. The van der Waals surface area contributed by atoms with Crippen molar-refractivity contribution >= 4 is 0 Å². The Kier molecular flexibility index (Phi) is 5.93. The van der Waals surface area contributed by atoms with Crippen molar-refractivity contribution < 1.29 is 9.15 Å². The predicted molar refractivity (Wildman–Crippen MR) is 77.3 cm³/mol. The van der Waals surface area contributed by atoms with Gasteiger partial charge in [-0.2, -0.15) is 0 Å².